The van der Waals surface area contributed by atoms with E-state index in [2.05, 4.69) is 20.1 Å². The van der Waals surface area contributed by atoms with Crippen LogP contribution in [-0.4, -0.2) is 79.7 Å². The second-order valence-electron chi connectivity index (χ2n) is 9.76. The zero-order chi connectivity index (χ0) is 26.7. The Hall–Kier alpha value is -2.92. The highest BCUT2D eigenvalue weighted by atomic mass is 35.5. The van der Waals surface area contributed by atoms with Crippen molar-refractivity contribution in [2.45, 2.75) is 19.4 Å². The zero-order valence-corrected chi connectivity index (χ0v) is 23.2. The first-order valence-corrected chi connectivity index (χ1v) is 15.0. The van der Waals surface area contributed by atoms with Crippen LogP contribution in [0.25, 0.3) is 0 Å². The van der Waals surface area contributed by atoms with Gasteiger partial charge in [0.1, 0.15) is 23.1 Å². The summed E-state index contributed by atoms with van der Waals surface area (Å²) in [5.74, 6) is 3.12. The minimum absolute atomic E-state index is 0.0709. The fourth-order valence-corrected chi connectivity index (χ4v) is 5.95. The highest BCUT2D eigenvalue weighted by molar-refractivity contribution is 7.88. The normalized spacial score (nSPS) is 18.7. The third kappa shape index (κ3) is 6.55. The van der Waals surface area contributed by atoms with Gasteiger partial charge in [-0.1, -0.05) is 23.7 Å². The second-order valence-corrected chi connectivity index (χ2v) is 12.2. The van der Waals surface area contributed by atoms with Crippen molar-refractivity contribution in [3.05, 3.63) is 71.1 Å². The molecule has 0 amide bonds. The van der Waals surface area contributed by atoms with Crippen LogP contribution in [-0.2, 0) is 10.0 Å². The molecule has 38 heavy (non-hydrogen) atoms. The molecule has 9 nitrogen and oxygen atoms in total. The van der Waals surface area contributed by atoms with Crippen LogP contribution < -0.4 is 15.0 Å². The Kier molecular flexibility index (Phi) is 8.04. The van der Waals surface area contributed by atoms with Gasteiger partial charge in [-0.05, 0) is 43.7 Å². The summed E-state index contributed by atoms with van der Waals surface area (Å²) < 4.78 is 31.2. The molecule has 1 N–H and O–H groups in total. The molecule has 202 valence electrons. The van der Waals surface area contributed by atoms with Crippen LogP contribution >= 0.6 is 11.6 Å². The number of ether oxygens (including phenoxy) is 1. The third-order valence-electron chi connectivity index (χ3n) is 6.97. The van der Waals surface area contributed by atoms with Crippen molar-refractivity contribution in [3.8, 4) is 11.5 Å². The van der Waals surface area contributed by atoms with Gasteiger partial charge in [0, 0.05) is 74.3 Å². The molecule has 1 saturated heterocycles. The average Bonchev–Trinajstić information content (AvgIpc) is 2.88. The van der Waals surface area contributed by atoms with E-state index >= 15 is 0 Å². The Morgan fingerprint density at radius 1 is 1.03 bits per heavy atom. The van der Waals surface area contributed by atoms with Gasteiger partial charge < -0.3 is 15.0 Å². The van der Waals surface area contributed by atoms with Crippen molar-refractivity contribution < 1.29 is 13.2 Å². The largest absolute Gasteiger partial charge is 0.457 e. The van der Waals surface area contributed by atoms with Gasteiger partial charge in [0.25, 0.3) is 0 Å². The van der Waals surface area contributed by atoms with Crippen LogP contribution in [0.2, 0.25) is 5.02 Å². The fourth-order valence-electron chi connectivity index (χ4n) is 4.94. The fraction of sp³-hybridized carbons (Fsp3) is 0.407. The van der Waals surface area contributed by atoms with Crippen LogP contribution in [0, 0.1) is 6.92 Å². The molecular formula is C27H33ClN6O3S. The number of nitrogens with zero attached hydrogens (tertiary/aromatic N) is 5. The van der Waals surface area contributed by atoms with E-state index in [0.29, 0.717) is 23.9 Å². The van der Waals surface area contributed by atoms with Crippen molar-refractivity contribution >= 4 is 33.1 Å². The van der Waals surface area contributed by atoms with Crippen molar-refractivity contribution in [2.75, 3.05) is 62.3 Å². The Morgan fingerprint density at radius 2 is 1.76 bits per heavy atom. The topological polar surface area (TPSA) is 90.9 Å². The van der Waals surface area contributed by atoms with E-state index in [0.717, 1.165) is 67.8 Å². The molecule has 3 aromatic rings. The molecule has 0 aliphatic carbocycles. The quantitative estimate of drug-likeness (QED) is 0.442. The summed E-state index contributed by atoms with van der Waals surface area (Å²) in [4.78, 5) is 13.9. The highest BCUT2D eigenvalue weighted by Crippen LogP contribution is 2.35. The molecule has 0 radical (unpaired) electrons. The molecule has 2 aliphatic rings. The molecule has 0 bridgehead atoms. The number of aryl methyl sites for hydroxylation is 1. The van der Waals surface area contributed by atoms with Gasteiger partial charge >= 0.3 is 0 Å². The van der Waals surface area contributed by atoms with Gasteiger partial charge in [-0.3, -0.25) is 4.90 Å². The molecule has 2 aromatic carbocycles. The van der Waals surface area contributed by atoms with Gasteiger partial charge in [0.15, 0.2) is 0 Å². The maximum Gasteiger partial charge on any atom is 0.211 e. The van der Waals surface area contributed by atoms with E-state index in [1.54, 1.807) is 10.4 Å². The van der Waals surface area contributed by atoms with Crippen molar-refractivity contribution in [2.24, 2.45) is 0 Å². The zero-order valence-electron chi connectivity index (χ0n) is 21.7. The van der Waals surface area contributed by atoms with Gasteiger partial charge in [-0.15, -0.1) is 0 Å². The second kappa shape index (κ2) is 11.4. The Morgan fingerprint density at radius 3 is 2.50 bits per heavy atom. The summed E-state index contributed by atoms with van der Waals surface area (Å²) >= 11 is 6.10. The molecule has 1 fully saturated rings. The summed E-state index contributed by atoms with van der Waals surface area (Å²) in [6, 6.07) is 15.3. The number of halogens is 1. The average molecular weight is 557 g/mol. The molecule has 1 unspecified atom stereocenters. The van der Waals surface area contributed by atoms with Crippen LogP contribution in [0.5, 0.6) is 11.5 Å². The van der Waals surface area contributed by atoms with Gasteiger partial charge in [-0.2, -0.15) is 4.31 Å². The van der Waals surface area contributed by atoms with E-state index in [1.807, 2.05) is 55.6 Å². The lowest BCUT2D eigenvalue weighted by atomic mass is 10.00. The number of hydrogen-bond donors (Lipinski definition) is 1. The smallest absolute Gasteiger partial charge is 0.211 e. The first-order chi connectivity index (χ1) is 18.2. The van der Waals surface area contributed by atoms with E-state index in [9.17, 15) is 8.42 Å². The Balaban J connectivity index is 1.24. The van der Waals surface area contributed by atoms with Crippen LogP contribution in [0.4, 0.5) is 11.5 Å². The SMILES string of the molecule is Cc1ncc2c(n1)N(CCN1CCN(S(C)(=O)=O)CC1)CCC2Nc1cccc(Oc2cccc(Cl)c2)c1. The molecule has 11 heteroatoms. The number of fused-ring (bicyclic) bond motifs is 1. The van der Waals surface area contributed by atoms with Crippen molar-refractivity contribution in [1.29, 1.82) is 0 Å². The lowest BCUT2D eigenvalue weighted by Gasteiger charge is -2.38. The van der Waals surface area contributed by atoms with Gasteiger partial charge in [0.05, 0.1) is 12.3 Å². The lowest BCUT2D eigenvalue weighted by molar-refractivity contribution is 0.192. The minimum Gasteiger partial charge on any atom is -0.457 e. The first-order valence-electron chi connectivity index (χ1n) is 12.8. The molecule has 0 spiro atoms. The number of rotatable bonds is 8. The standard InChI is InChI=1S/C27H33ClN6O3S/c1-20-29-19-25-26(31-22-6-4-8-24(18-22)37-23-7-3-5-21(28)17-23)9-10-33(27(25)30-20)14-11-32-12-15-34(16-13-32)38(2,35)36/h3-8,17-19,26,31H,9-16H2,1-2H3. The monoisotopic (exact) mass is 556 g/mol. The molecule has 5 rings (SSSR count). The summed E-state index contributed by atoms with van der Waals surface area (Å²) in [6.45, 7) is 7.05. The van der Waals surface area contributed by atoms with Gasteiger partial charge in [0.2, 0.25) is 10.0 Å². The summed E-state index contributed by atoms with van der Waals surface area (Å²) in [7, 11) is -3.12. The maximum atomic E-state index is 11.8. The predicted octanol–water partition coefficient (Wildman–Crippen LogP) is 4.17. The molecular weight excluding hydrogens is 524 g/mol. The Bertz CT molecular complexity index is 1380. The molecule has 2 aliphatic heterocycles. The number of benzene rings is 2. The van der Waals surface area contributed by atoms with E-state index in [4.69, 9.17) is 21.3 Å². The number of anilines is 2. The first kappa shape index (κ1) is 26.7. The number of piperazine rings is 1. The van der Waals surface area contributed by atoms with Crippen LogP contribution in [0.1, 0.15) is 23.9 Å². The van der Waals surface area contributed by atoms with Crippen molar-refractivity contribution in [3.63, 3.8) is 0 Å². The molecule has 0 saturated carbocycles. The van der Waals surface area contributed by atoms with E-state index in [1.165, 1.54) is 6.26 Å². The Labute approximate surface area is 229 Å². The molecule has 1 atom stereocenters. The summed E-state index contributed by atoms with van der Waals surface area (Å²) in [5.41, 5.74) is 2.03. The minimum atomic E-state index is -3.12. The number of nitrogens with one attached hydrogen (secondary N) is 1. The van der Waals surface area contributed by atoms with Crippen LogP contribution in [0.15, 0.2) is 54.7 Å². The van der Waals surface area contributed by atoms with E-state index in [-0.39, 0.29) is 6.04 Å². The maximum absolute atomic E-state index is 11.8. The summed E-state index contributed by atoms with van der Waals surface area (Å²) in [5, 5.41) is 4.28. The molecule has 3 heterocycles. The number of aromatic nitrogens is 2. The highest BCUT2D eigenvalue weighted by Gasteiger charge is 2.28. The summed E-state index contributed by atoms with van der Waals surface area (Å²) in [6.07, 6.45) is 4.11. The van der Waals surface area contributed by atoms with Crippen molar-refractivity contribution in [1.82, 2.24) is 19.2 Å². The third-order valence-corrected chi connectivity index (χ3v) is 8.51. The number of sulfonamides is 1. The van der Waals surface area contributed by atoms with Crippen LogP contribution in [0.3, 0.4) is 0 Å². The van der Waals surface area contributed by atoms with E-state index < -0.39 is 10.0 Å². The predicted molar refractivity (Wildman–Crippen MR) is 151 cm³/mol. The number of hydrogen-bond acceptors (Lipinski definition) is 8. The molecule has 1 aromatic heterocycles. The van der Waals surface area contributed by atoms with Gasteiger partial charge in [-0.25, -0.2) is 18.4 Å². The lowest BCUT2D eigenvalue weighted by Crippen LogP contribution is -2.50.